The third-order valence-corrected chi connectivity index (χ3v) is 4.86. The van der Waals surface area contributed by atoms with Crippen LogP contribution >= 0.6 is 11.8 Å². The van der Waals surface area contributed by atoms with E-state index in [1.54, 1.807) is 0 Å². The predicted octanol–water partition coefficient (Wildman–Crippen LogP) is 3.13. The van der Waals surface area contributed by atoms with Gasteiger partial charge in [-0.15, -0.1) is 0 Å². The zero-order chi connectivity index (χ0) is 11.7. The first-order valence-corrected chi connectivity index (χ1v) is 7.11. The maximum atomic E-state index is 6.35. The molecule has 2 atom stereocenters. The number of aromatic nitrogens is 1. The van der Waals surface area contributed by atoms with E-state index in [9.17, 15) is 0 Å². The molecule has 2 unspecified atom stereocenters. The summed E-state index contributed by atoms with van der Waals surface area (Å²) in [7, 11) is 0. The third-order valence-electron chi connectivity index (χ3n) is 3.38. The molecule has 3 rings (SSSR count). The summed E-state index contributed by atoms with van der Waals surface area (Å²) in [6, 6.07) is 10.6. The van der Waals surface area contributed by atoms with Gasteiger partial charge >= 0.3 is 0 Å². The number of hydrogen-bond donors (Lipinski definition) is 1. The van der Waals surface area contributed by atoms with E-state index in [2.05, 4.69) is 29.2 Å². The number of nitrogens with zero attached hydrogens (tertiary/aromatic N) is 1. The molecule has 1 fully saturated rings. The highest BCUT2D eigenvalue weighted by molar-refractivity contribution is 8.00. The second-order valence-electron chi connectivity index (χ2n) is 4.53. The molecule has 88 valence electrons. The quantitative estimate of drug-likeness (QED) is 0.882. The number of hydrogen-bond acceptors (Lipinski definition) is 3. The van der Waals surface area contributed by atoms with E-state index < -0.39 is 0 Å². The van der Waals surface area contributed by atoms with Crippen molar-refractivity contribution in [2.24, 2.45) is 5.73 Å². The van der Waals surface area contributed by atoms with Crippen LogP contribution in [-0.2, 0) is 0 Å². The van der Waals surface area contributed by atoms with E-state index in [-0.39, 0.29) is 6.04 Å². The lowest BCUT2D eigenvalue weighted by Crippen LogP contribution is -2.21. The van der Waals surface area contributed by atoms with Crippen molar-refractivity contribution in [1.29, 1.82) is 0 Å². The molecule has 0 saturated carbocycles. The lowest BCUT2D eigenvalue weighted by atomic mass is 10.00. The maximum absolute atomic E-state index is 6.35. The van der Waals surface area contributed by atoms with Gasteiger partial charge in [-0.05, 0) is 42.4 Å². The molecular formula is C14H16N2S. The maximum Gasteiger partial charge on any atom is 0.0702 e. The van der Waals surface area contributed by atoms with Gasteiger partial charge in [0.2, 0.25) is 0 Å². The average molecular weight is 244 g/mol. The Hall–Kier alpha value is -1.06. The third kappa shape index (κ3) is 2.17. The summed E-state index contributed by atoms with van der Waals surface area (Å²) >= 11 is 2.01. The predicted molar refractivity (Wildman–Crippen MR) is 74.2 cm³/mol. The number of pyridine rings is 1. The standard InChI is InChI=1S/C14H16N2S/c15-14(13-4-2-8-17-13)11-5-6-12-10(9-11)3-1-7-16-12/h1,3,5-7,9,13-14H,2,4,8,15H2. The normalized spacial score (nSPS) is 21.8. The number of nitrogens with two attached hydrogens (primary N) is 1. The Labute approximate surface area is 106 Å². The van der Waals surface area contributed by atoms with Crippen LogP contribution in [0.1, 0.15) is 24.4 Å². The van der Waals surface area contributed by atoms with Gasteiger partial charge in [0.25, 0.3) is 0 Å². The van der Waals surface area contributed by atoms with Gasteiger partial charge in [0, 0.05) is 22.9 Å². The molecule has 2 N–H and O–H groups in total. The Kier molecular flexibility index (Phi) is 3.04. The Morgan fingerprint density at radius 1 is 1.35 bits per heavy atom. The van der Waals surface area contributed by atoms with Crippen molar-refractivity contribution in [1.82, 2.24) is 4.98 Å². The molecule has 0 spiro atoms. The largest absolute Gasteiger partial charge is 0.323 e. The van der Waals surface area contributed by atoms with Crippen LogP contribution in [0, 0.1) is 0 Å². The van der Waals surface area contributed by atoms with Crippen LogP contribution < -0.4 is 5.73 Å². The molecule has 0 bridgehead atoms. The summed E-state index contributed by atoms with van der Waals surface area (Å²) in [6.45, 7) is 0. The number of fused-ring (bicyclic) bond motifs is 1. The summed E-state index contributed by atoms with van der Waals surface area (Å²) in [4.78, 5) is 4.33. The first-order valence-electron chi connectivity index (χ1n) is 6.06. The van der Waals surface area contributed by atoms with E-state index >= 15 is 0 Å². The van der Waals surface area contributed by atoms with Gasteiger partial charge in [0.15, 0.2) is 0 Å². The zero-order valence-corrected chi connectivity index (χ0v) is 10.5. The molecule has 2 nitrogen and oxygen atoms in total. The molecule has 1 aliphatic rings. The fourth-order valence-electron chi connectivity index (χ4n) is 2.40. The molecule has 0 amide bonds. The van der Waals surface area contributed by atoms with Crippen molar-refractivity contribution >= 4 is 22.7 Å². The molecule has 1 aromatic heterocycles. The summed E-state index contributed by atoms with van der Waals surface area (Å²) in [6.07, 6.45) is 4.38. The molecule has 1 aromatic carbocycles. The second kappa shape index (κ2) is 4.67. The minimum Gasteiger partial charge on any atom is -0.323 e. The van der Waals surface area contributed by atoms with Crippen molar-refractivity contribution in [2.45, 2.75) is 24.1 Å². The van der Waals surface area contributed by atoms with Crippen LogP contribution in [0.5, 0.6) is 0 Å². The minimum atomic E-state index is 0.159. The smallest absolute Gasteiger partial charge is 0.0702 e. The Morgan fingerprint density at radius 3 is 3.12 bits per heavy atom. The van der Waals surface area contributed by atoms with Crippen LogP contribution in [0.2, 0.25) is 0 Å². The molecule has 1 saturated heterocycles. The summed E-state index contributed by atoms with van der Waals surface area (Å²) in [5.74, 6) is 1.26. The van der Waals surface area contributed by atoms with E-state index in [0.717, 1.165) is 5.52 Å². The second-order valence-corrected chi connectivity index (χ2v) is 5.88. The van der Waals surface area contributed by atoms with Crippen LogP contribution in [0.25, 0.3) is 10.9 Å². The summed E-state index contributed by atoms with van der Waals surface area (Å²) in [5, 5.41) is 1.77. The van der Waals surface area contributed by atoms with E-state index in [1.807, 2.05) is 24.0 Å². The molecular weight excluding hydrogens is 228 g/mol. The highest BCUT2D eigenvalue weighted by atomic mass is 32.2. The molecule has 2 aromatic rings. The first kappa shape index (κ1) is 11.1. The monoisotopic (exact) mass is 244 g/mol. The van der Waals surface area contributed by atoms with Crippen LogP contribution in [0.3, 0.4) is 0 Å². The van der Waals surface area contributed by atoms with E-state index in [1.165, 1.54) is 29.5 Å². The fourth-order valence-corrected chi connectivity index (χ4v) is 3.74. The first-order chi connectivity index (χ1) is 8.34. The van der Waals surface area contributed by atoms with Gasteiger partial charge in [0.05, 0.1) is 5.52 Å². The topological polar surface area (TPSA) is 38.9 Å². The van der Waals surface area contributed by atoms with Crippen molar-refractivity contribution in [2.75, 3.05) is 5.75 Å². The highest BCUT2D eigenvalue weighted by Gasteiger charge is 2.23. The SMILES string of the molecule is NC(c1ccc2ncccc2c1)C1CCCS1. The minimum absolute atomic E-state index is 0.159. The fraction of sp³-hybridized carbons (Fsp3) is 0.357. The molecule has 0 radical (unpaired) electrons. The number of thioether (sulfide) groups is 1. The molecule has 1 aliphatic heterocycles. The van der Waals surface area contributed by atoms with Crippen molar-refractivity contribution in [3.8, 4) is 0 Å². The van der Waals surface area contributed by atoms with Gasteiger partial charge in [0.1, 0.15) is 0 Å². The average Bonchev–Trinajstić information content (AvgIpc) is 2.91. The molecule has 2 heterocycles. The van der Waals surface area contributed by atoms with Crippen molar-refractivity contribution < 1.29 is 0 Å². The lowest BCUT2D eigenvalue weighted by molar-refractivity contribution is 0.646. The Bertz CT molecular complexity index is 520. The zero-order valence-electron chi connectivity index (χ0n) is 9.67. The van der Waals surface area contributed by atoms with Gasteiger partial charge in [-0.1, -0.05) is 12.1 Å². The van der Waals surface area contributed by atoms with E-state index in [0.29, 0.717) is 5.25 Å². The molecule has 17 heavy (non-hydrogen) atoms. The van der Waals surface area contributed by atoms with Crippen LogP contribution in [0.15, 0.2) is 36.5 Å². The van der Waals surface area contributed by atoms with Crippen LogP contribution in [-0.4, -0.2) is 16.0 Å². The lowest BCUT2D eigenvalue weighted by Gasteiger charge is -2.18. The highest BCUT2D eigenvalue weighted by Crippen LogP contribution is 2.35. The van der Waals surface area contributed by atoms with Gasteiger partial charge in [-0.3, -0.25) is 4.98 Å². The Balaban J connectivity index is 1.94. The number of benzene rings is 1. The van der Waals surface area contributed by atoms with Crippen LogP contribution in [0.4, 0.5) is 0 Å². The van der Waals surface area contributed by atoms with E-state index in [4.69, 9.17) is 5.73 Å². The molecule has 0 aliphatic carbocycles. The van der Waals surface area contributed by atoms with Gasteiger partial charge < -0.3 is 5.73 Å². The summed E-state index contributed by atoms with van der Waals surface area (Å²) in [5.41, 5.74) is 8.63. The molecule has 3 heteroatoms. The van der Waals surface area contributed by atoms with Crippen molar-refractivity contribution in [3.63, 3.8) is 0 Å². The van der Waals surface area contributed by atoms with Crippen molar-refractivity contribution in [3.05, 3.63) is 42.1 Å². The Morgan fingerprint density at radius 2 is 2.29 bits per heavy atom. The number of rotatable bonds is 2. The summed E-state index contributed by atoms with van der Waals surface area (Å²) < 4.78 is 0. The van der Waals surface area contributed by atoms with Gasteiger partial charge in [-0.2, -0.15) is 11.8 Å². The van der Waals surface area contributed by atoms with Gasteiger partial charge in [-0.25, -0.2) is 0 Å².